The maximum absolute atomic E-state index is 5.44. The predicted molar refractivity (Wildman–Crippen MR) is 62.5 cm³/mol. The lowest BCUT2D eigenvalue weighted by molar-refractivity contribution is 0.365. The fraction of sp³-hybridized carbons (Fsp3) is 0.0833. The van der Waals surface area contributed by atoms with Crippen LogP contribution < -0.4 is 4.74 Å². The van der Waals surface area contributed by atoms with Gasteiger partial charge in [-0.2, -0.15) is 0 Å². The van der Waals surface area contributed by atoms with E-state index < -0.39 is 0 Å². The zero-order valence-electron chi connectivity index (χ0n) is 7.66. The molecule has 0 bridgehead atoms. The smallest absolute Gasteiger partial charge is 0.127 e. The summed E-state index contributed by atoms with van der Waals surface area (Å²) in [6.07, 6.45) is 0. The second-order valence-corrected chi connectivity index (χ2v) is 3.79. The number of halogens is 1. The van der Waals surface area contributed by atoms with Crippen LogP contribution in [0.4, 0.5) is 0 Å². The van der Waals surface area contributed by atoms with E-state index in [0.717, 1.165) is 15.6 Å². The summed E-state index contributed by atoms with van der Waals surface area (Å²) < 4.78 is 6.53. The van der Waals surface area contributed by atoms with E-state index in [1.807, 2.05) is 30.3 Å². The summed E-state index contributed by atoms with van der Waals surface area (Å²) in [5, 5.41) is 2.28. The highest BCUT2D eigenvalue weighted by atomic mass is 79.9. The summed E-state index contributed by atoms with van der Waals surface area (Å²) in [4.78, 5) is 0. The fourth-order valence-electron chi connectivity index (χ4n) is 1.47. The molecule has 0 amide bonds. The summed E-state index contributed by atoms with van der Waals surface area (Å²) in [5.41, 5.74) is 0. The van der Waals surface area contributed by atoms with E-state index in [4.69, 9.17) is 4.74 Å². The summed E-state index contributed by atoms with van der Waals surface area (Å²) in [6.45, 7) is 4.13. The highest BCUT2D eigenvalue weighted by Crippen LogP contribution is 2.31. The molecule has 0 heterocycles. The van der Waals surface area contributed by atoms with Crippen molar-refractivity contribution in [2.24, 2.45) is 0 Å². The molecule has 0 saturated heterocycles. The fourth-order valence-corrected chi connectivity index (χ4v) is 1.95. The Morgan fingerprint density at radius 1 is 1.07 bits per heavy atom. The van der Waals surface area contributed by atoms with Crippen LogP contribution in [0.25, 0.3) is 10.8 Å². The van der Waals surface area contributed by atoms with Gasteiger partial charge in [-0.05, 0) is 24.4 Å². The molecular formula is C12H10BrO. The molecule has 71 valence electrons. The predicted octanol–water partition coefficient (Wildman–Crippen LogP) is 3.82. The van der Waals surface area contributed by atoms with Gasteiger partial charge in [-0.15, -0.1) is 0 Å². The van der Waals surface area contributed by atoms with E-state index >= 15 is 0 Å². The van der Waals surface area contributed by atoms with Gasteiger partial charge >= 0.3 is 0 Å². The third-order valence-electron chi connectivity index (χ3n) is 2.09. The molecule has 2 rings (SSSR count). The molecule has 1 nitrogen and oxygen atoms in total. The summed E-state index contributed by atoms with van der Waals surface area (Å²) in [7, 11) is 0. The molecule has 1 radical (unpaired) electrons. The summed E-state index contributed by atoms with van der Waals surface area (Å²) >= 11 is 3.51. The molecule has 0 aliphatic carbocycles. The zero-order valence-corrected chi connectivity index (χ0v) is 9.25. The molecule has 0 aromatic heterocycles. The highest BCUT2D eigenvalue weighted by molar-refractivity contribution is 9.10. The van der Waals surface area contributed by atoms with Gasteiger partial charge in [-0.1, -0.05) is 40.2 Å². The molecule has 0 unspecified atom stereocenters. The molecule has 0 fully saturated rings. The molecule has 0 aliphatic rings. The van der Waals surface area contributed by atoms with Crippen LogP contribution in [0.5, 0.6) is 5.75 Å². The van der Waals surface area contributed by atoms with Crippen molar-refractivity contribution in [1.82, 2.24) is 0 Å². The first-order valence-electron chi connectivity index (χ1n) is 4.42. The zero-order chi connectivity index (χ0) is 9.97. The number of rotatable bonds is 2. The topological polar surface area (TPSA) is 9.23 Å². The van der Waals surface area contributed by atoms with Gasteiger partial charge in [0.1, 0.15) is 5.75 Å². The standard InChI is InChI=1S/C12H10BrO/c1-2-14-12-8-7-11(13)9-5-3-4-6-10(9)12/h3-8H,1-2H2. The minimum absolute atomic E-state index is 0.450. The van der Waals surface area contributed by atoms with E-state index in [-0.39, 0.29) is 0 Å². The van der Waals surface area contributed by atoms with Crippen LogP contribution in [-0.2, 0) is 0 Å². The van der Waals surface area contributed by atoms with Gasteiger partial charge in [0.15, 0.2) is 0 Å². The number of benzene rings is 2. The first-order valence-corrected chi connectivity index (χ1v) is 5.21. The van der Waals surface area contributed by atoms with Crippen molar-refractivity contribution in [2.75, 3.05) is 6.61 Å². The normalized spacial score (nSPS) is 10.4. The largest absolute Gasteiger partial charge is 0.493 e. The molecule has 0 aliphatic heterocycles. The van der Waals surface area contributed by atoms with Gasteiger partial charge in [0, 0.05) is 9.86 Å². The van der Waals surface area contributed by atoms with E-state index in [1.165, 1.54) is 5.39 Å². The van der Waals surface area contributed by atoms with Crippen LogP contribution in [0, 0.1) is 6.92 Å². The number of hydrogen-bond acceptors (Lipinski definition) is 1. The van der Waals surface area contributed by atoms with Gasteiger partial charge in [0.2, 0.25) is 0 Å². The molecule has 0 N–H and O–H groups in total. The highest BCUT2D eigenvalue weighted by Gasteiger charge is 2.03. The molecule has 2 aromatic carbocycles. The van der Waals surface area contributed by atoms with Crippen LogP contribution in [-0.4, -0.2) is 6.61 Å². The number of hydrogen-bond donors (Lipinski definition) is 0. The Hall–Kier alpha value is -1.02. The van der Waals surface area contributed by atoms with Crippen LogP contribution in [0.15, 0.2) is 40.9 Å². The van der Waals surface area contributed by atoms with Crippen molar-refractivity contribution in [3.05, 3.63) is 47.8 Å². The second-order valence-electron chi connectivity index (χ2n) is 2.94. The number of fused-ring (bicyclic) bond motifs is 1. The third kappa shape index (κ3) is 1.62. The summed E-state index contributed by atoms with van der Waals surface area (Å²) in [5.74, 6) is 0.888. The van der Waals surface area contributed by atoms with Crippen LogP contribution in [0.1, 0.15) is 0 Å². The van der Waals surface area contributed by atoms with Crippen molar-refractivity contribution in [2.45, 2.75) is 0 Å². The lowest BCUT2D eigenvalue weighted by atomic mass is 10.1. The Morgan fingerprint density at radius 3 is 2.50 bits per heavy atom. The van der Waals surface area contributed by atoms with Crippen LogP contribution >= 0.6 is 15.9 Å². The lowest BCUT2D eigenvalue weighted by Gasteiger charge is -2.08. The van der Waals surface area contributed by atoms with E-state index in [2.05, 4.69) is 28.9 Å². The SMILES string of the molecule is [CH2]COc1ccc(Br)c2ccccc12. The molecule has 0 saturated carbocycles. The van der Waals surface area contributed by atoms with Gasteiger partial charge in [0.05, 0.1) is 6.61 Å². The second kappa shape index (κ2) is 4.01. The third-order valence-corrected chi connectivity index (χ3v) is 2.78. The molecule has 2 aromatic rings. The average molecular weight is 250 g/mol. The van der Waals surface area contributed by atoms with Gasteiger partial charge in [-0.3, -0.25) is 0 Å². The van der Waals surface area contributed by atoms with E-state index in [0.29, 0.717) is 6.61 Å². The lowest BCUT2D eigenvalue weighted by Crippen LogP contribution is -1.92. The molecule has 2 heteroatoms. The Balaban J connectivity index is 2.68. The maximum atomic E-state index is 5.44. The van der Waals surface area contributed by atoms with Gasteiger partial charge in [-0.25, -0.2) is 0 Å². The van der Waals surface area contributed by atoms with E-state index in [1.54, 1.807) is 0 Å². The van der Waals surface area contributed by atoms with Crippen molar-refractivity contribution in [1.29, 1.82) is 0 Å². The van der Waals surface area contributed by atoms with Crippen LogP contribution in [0.3, 0.4) is 0 Å². The minimum atomic E-state index is 0.450. The Morgan fingerprint density at radius 2 is 1.79 bits per heavy atom. The molecule has 0 atom stereocenters. The molecular weight excluding hydrogens is 240 g/mol. The first-order chi connectivity index (χ1) is 6.83. The Labute approximate surface area is 91.8 Å². The minimum Gasteiger partial charge on any atom is -0.493 e. The quantitative estimate of drug-likeness (QED) is 0.787. The van der Waals surface area contributed by atoms with E-state index in [9.17, 15) is 0 Å². The monoisotopic (exact) mass is 249 g/mol. The summed E-state index contributed by atoms with van der Waals surface area (Å²) in [6, 6.07) is 12.1. The molecule has 0 spiro atoms. The van der Waals surface area contributed by atoms with Gasteiger partial charge < -0.3 is 4.74 Å². The van der Waals surface area contributed by atoms with Crippen molar-refractivity contribution in [3.8, 4) is 5.75 Å². The van der Waals surface area contributed by atoms with Crippen LogP contribution in [0.2, 0.25) is 0 Å². The van der Waals surface area contributed by atoms with Gasteiger partial charge in [0.25, 0.3) is 0 Å². The Kier molecular flexibility index (Phi) is 2.73. The average Bonchev–Trinajstić information content (AvgIpc) is 2.23. The first kappa shape index (κ1) is 9.53. The number of ether oxygens (including phenoxy) is 1. The van der Waals surface area contributed by atoms with Crippen molar-refractivity contribution in [3.63, 3.8) is 0 Å². The Bertz CT molecular complexity index is 451. The molecule has 14 heavy (non-hydrogen) atoms. The van der Waals surface area contributed by atoms with Crippen molar-refractivity contribution < 1.29 is 4.74 Å². The maximum Gasteiger partial charge on any atom is 0.127 e. The van der Waals surface area contributed by atoms with Crippen molar-refractivity contribution >= 4 is 26.7 Å².